The Balaban J connectivity index is 1.74. The second-order valence-electron chi connectivity index (χ2n) is 6.66. The largest absolute Gasteiger partial charge is 0.308 e. The number of nitrogens with one attached hydrogen (secondary N) is 1. The average molecular weight is 266 g/mol. The fourth-order valence-corrected chi connectivity index (χ4v) is 3.62. The van der Waals surface area contributed by atoms with E-state index in [1.165, 1.54) is 35.6 Å². The zero-order chi connectivity index (χ0) is 13.2. The highest BCUT2D eigenvalue weighted by atomic mass is 32.1. The maximum absolute atomic E-state index is 4.41. The molecule has 2 nitrogen and oxygen atoms in total. The average Bonchev–Trinajstić information content (AvgIpc) is 2.72. The van der Waals surface area contributed by atoms with Crippen LogP contribution in [0.5, 0.6) is 0 Å². The van der Waals surface area contributed by atoms with Crippen molar-refractivity contribution in [2.24, 2.45) is 11.3 Å². The molecule has 0 unspecified atom stereocenters. The van der Waals surface area contributed by atoms with Crippen LogP contribution >= 0.6 is 11.3 Å². The van der Waals surface area contributed by atoms with Crippen molar-refractivity contribution in [3.8, 4) is 0 Å². The minimum atomic E-state index is 0.484. The van der Waals surface area contributed by atoms with Gasteiger partial charge in [-0.25, -0.2) is 4.98 Å². The molecular weight excluding hydrogens is 240 g/mol. The van der Waals surface area contributed by atoms with Crippen molar-refractivity contribution in [1.82, 2.24) is 10.3 Å². The summed E-state index contributed by atoms with van der Waals surface area (Å²) in [5.41, 5.74) is 0.484. The van der Waals surface area contributed by atoms with Gasteiger partial charge in [-0.2, -0.15) is 0 Å². The molecule has 1 aromatic heterocycles. The van der Waals surface area contributed by atoms with Crippen molar-refractivity contribution in [3.05, 3.63) is 16.1 Å². The minimum Gasteiger partial charge on any atom is -0.308 e. The van der Waals surface area contributed by atoms with Gasteiger partial charge in [0.2, 0.25) is 0 Å². The van der Waals surface area contributed by atoms with Crippen LogP contribution in [0.1, 0.15) is 56.3 Å². The van der Waals surface area contributed by atoms with Crippen molar-refractivity contribution >= 4 is 11.3 Å². The zero-order valence-electron chi connectivity index (χ0n) is 12.1. The van der Waals surface area contributed by atoms with Gasteiger partial charge in [0.05, 0.1) is 0 Å². The second kappa shape index (κ2) is 5.70. The summed E-state index contributed by atoms with van der Waals surface area (Å²) in [5, 5.41) is 4.90. The Labute approximate surface area is 115 Å². The van der Waals surface area contributed by atoms with Gasteiger partial charge < -0.3 is 5.32 Å². The molecule has 0 aromatic carbocycles. The SMILES string of the molecule is Cc1cnc(CNC2CCC(C(C)(C)C)CC2)s1. The lowest BCUT2D eigenvalue weighted by Crippen LogP contribution is -2.35. The molecule has 0 radical (unpaired) electrons. The summed E-state index contributed by atoms with van der Waals surface area (Å²) in [5.74, 6) is 0.901. The Morgan fingerprint density at radius 3 is 2.44 bits per heavy atom. The molecular formula is C15H26N2S. The summed E-state index contributed by atoms with van der Waals surface area (Å²) < 4.78 is 0. The number of nitrogens with zero attached hydrogens (tertiary/aromatic N) is 1. The standard InChI is InChI=1S/C15H26N2S/c1-11-9-17-14(18-11)10-16-13-7-5-12(6-8-13)15(2,3)4/h9,12-13,16H,5-8,10H2,1-4H3. The quantitative estimate of drug-likeness (QED) is 0.889. The molecule has 1 aliphatic rings. The third-order valence-corrected chi connectivity index (χ3v) is 5.08. The number of rotatable bonds is 3. The zero-order valence-corrected chi connectivity index (χ0v) is 12.9. The van der Waals surface area contributed by atoms with E-state index >= 15 is 0 Å². The molecule has 0 bridgehead atoms. The summed E-state index contributed by atoms with van der Waals surface area (Å²) in [6, 6.07) is 0.702. The Hall–Kier alpha value is -0.410. The predicted molar refractivity (Wildman–Crippen MR) is 78.9 cm³/mol. The van der Waals surface area contributed by atoms with Crippen molar-refractivity contribution in [2.75, 3.05) is 0 Å². The smallest absolute Gasteiger partial charge is 0.107 e. The molecule has 102 valence electrons. The minimum absolute atomic E-state index is 0.484. The van der Waals surface area contributed by atoms with Gasteiger partial charge >= 0.3 is 0 Å². The van der Waals surface area contributed by atoms with Gasteiger partial charge in [-0.3, -0.25) is 0 Å². The van der Waals surface area contributed by atoms with E-state index < -0.39 is 0 Å². The molecule has 3 heteroatoms. The van der Waals surface area contributed by atoms with Crippen LogP contribution < -0.4 is 5.32 Å². The molecule has 0 spiro atoms. The molecule has 1 heterocycles. The Kier molecular flexibility index (Phi) is 4.44. The molecule has 0 saturated heterocycles. The number of thiazole rings is 1. The molecule has 1 aromatic rings. The third-order valence-electron chi connectivity index (χ3n) is 4.16. The monoisotopic (exact) mass is 266 g/mol. The first kappa shape index (κ1) is 14.0. The van der Waals surface area contributed by atoms with E-state index in [-0.39, 0.29) is 0 Å². The summed E-state index contributed by atoms with van der Waals surface area (Å²) in [6.45, 7) is 10.2. The van der Waals surface area contributed by atoms with E-state index in [0.717, 1.165) is 12.5 Å². The van der Waals surface area contributed by atoms with Crippen molar-refractivity contribution in [1.29, 1.82) is 0 Å². The molecule has 1 saturated carbocycles. The number of hydrogen-bond donors (Lipinski definition) is 1. The van der Waals surface area contributed by atoms with E-state index in [9.17, 15) is 0 Å². The highest BCUT2D eigenvalue weighted by Crippen LogP contribution is 2.37. The third kappa shape index (κ3) is 3.79. The van der Waals surface area contributed by atoms with E-state index in [1.54, 1.807) is 0 Å². The predicted octanol–water partition coefficient (Wildman–Crippen LogP) is 4.15. The van der Waals surface area contributed by atoms with Crippen LogP contribution in [0.15, 0.2) is 6.20 Å². The summed E-state index contributed by atoms with van der Waals surface area (Å²) in [6.07, 6.45) is 7.37. The second-order valence-corrected chi connectivity index (χ2v) is 7.98. The summed E-state index contributed by atoms with van der Waals surface area (Å²) >= 11 is 1.81. The van der Waals surface area contributed by atoms with E-state index in [1.807, 2.05) is 17.5 Å². The van der Waals surface area contributed by atoms with E-state index in [2.05, 4.69) is 38.0 Å². The molecule has 1 aliphatic carbocycles. The lowest BCUT2D eigenvalue weighted by Gasteiger charge is -2.37. The Morgan fingerprint density at radius 1 is 1.28 bits per heavy atom. The fourth-order valence-electron chi connectivity index (χ4n) is 2.88. The van der Waals surface area contributed by atoms with Crippen LogP contribution in [0.25, 0.3) is 0 Å². The first-order chi connectivity index (χ1) is 8.45. The molecule has 2 rings (SSSR count). The molecule has 1 N–H and O–H groups in total. The van der Waals surface area contributed by atoms with Gasteiger partial charge in [0.25, 0.3) is 0 Å². The van der Waals surface area contributed by atoms with Crippen molar-refractivity contribution in [3.63, 3.8) is 0 Å². The molecule has 0 atom stereocenters. The lowest BCUT2D eigenvalue weighted by molar-refractivity contribution is 0.160. The molecule has 18 heavy (non-hydrogen) atoms. The first-order valence-electron chi connectivity index (χ1n) is 7.10. The molecule has 0 aliphatic heterocycles. The highest BCUT2D eigenvalue weighted by molar-refractivity contribution is 7.11. The van der Waals surface area contributed by atoms with Gasteiger partial charge in [-0.15, -0.1) is 11.3 Å². The van der Waals surface area contributed by atoms with Gasteiger partial charge in [-0.05, 0) is 43.9 Å². The van der Waals surface area contributed by atoms with Gasteiger partial charge in [0.1, 0.15) is 5.01 Å². The lowest BCUT2D eigenvalue weighted by atomic mass is 9.71. The normalized spacial score (nSPS) is 25.3. The summed E-state index contributed by atoms with van der Waals surface area (Å²) in [4.78, 5) is 5.72. The molecule has 0 amide bonds. The van der Waals surface area contributed by atoms with Crippen LogP contribution in [-0.4, -0.2) is 11.0 Å². The van der Waals surface area contributed by atoms with Crippen molar-refractivity contribution in [2.45, 2.75) is 66.0 Å². The van der Waals surface area contributed by atoms with Gasteiger partial charge in [-0.1, -0.05) is 20.8 Å². The number of aromatic nitrogens is 1. The molecule has 1 fully saturated rings. The first-order valence-corrected chi connectivity index (χ1v) is 7.91. The highest BCUT2D eigenvalue weighted by Gasteiger charge is 2.29. The van der Waals surface area contributed by atoms with Gasteiger partial charge in [0.15, 0.2) is 0 Å². The van der Waals surface area contributed by atoms with Gasteiger partial charge in [0, 0.05) is 23.7 Å². The van der Waals surface area contributed by atoms with Crippen molar-refractivity contribution < 1.29 is 0 Å². The fraction of sp³-hybridized carbons (Fsp3) is 0.800. The number of hydrogen-bond acceptors (Lipinski definition) is 3. The maximum atomic E-state index is 4.41. The topological polar surface area (TPSA) is 24.9 Å². The van der Waals surface area contributed by atoms with E-state index in [0.29, 0.717) is 11.5 Å². The summed E-state index contributed by atoms with van der Waals surface area (Å²) in [7, 11) is 0. The van der Waals surface area contributed by atoms with Crippen LogP contribution in [0.2, 0.25) is 0 Å². The van der Waals surface area contributed by atoms with Crippen LogP contribution in [0.3, 0.4) is 0 Å². The Morgan fingerprint density at radius 2 is 1.94 bits per heavy atom. The maximum Gasteiger partial charge on any atom is 0.107 e. The van der Waals surface area contributed by atoms with E-state index in [4.69, 9.17) is 0 Å². The van der Waals surface area contributed by atoms with Crippen LogP contribution in [-0.2, 0) is 6.54 Å². The number of aryl methyl sites for hydroxylation is 1. The Bertz CT molecular complexity index is 370. The van der Waals surface area contributed by atoms with Crippen LogP contribution in [0, 0.1) is 18.3 Å². The van der Waals surface area contributed by atoms with Crippen LogP contribution in [0.4, 0.5) is 0 Å².